The van der Waals surface area contributed by atoms with Crippen LogP contribution < -0.4 is 9.47 Å². The molecule has 0 fully saturated rings. The summed E-state index contributed by atoms with van der Waals surface area (Å²) in [4.78, 5) is 4.49. The molecule has 2 heterocycles. The maximum absolute atomic E-state index is 9.05. The molecule has 6 heteroatoms. The molecule has 0 bridgehead atoms. The summed E-state index contributed by atoms with van der Waals surface area (Å²) in [7, 11) is 1.65. The van der Waals surface area contributed by atoms with E-state index in [2.05, 4.69) is 53.4 Å². The van der Waals surface area contributed by atoms with Gasteiger partial charge in [0.15, 0.2) is 0 Å². The van der Waals surface area contributed by atoms with E-state index >= 15 is 0 Å². The fraction of sp³-hybridized carbons (Fsp3) is 0.267. The Morgan fingerprint density at radius 3 is 2.58 bits per heavy atom. The minimum atomic E-state index is -0.0719. The van der Waals surface area contributed by atoms with Crippen LogP contribution in [0.15, 0.2) is 60.1 Å². The monoisotopic (exact) mass is 496 g/mol. The van der Waals surface area contributed by atoms with Crippen LogP contribution in [0, 0.1) is 30.1 Å². The number of nitriles is 1. The van der Waals surface area contributed by atoms with Crippen molar-refractivity contribution < 1.29 is 14.2 Å². The van der Waals surface area contributed by atoms with Gasteiger partial charge in [0.2, 0.25) is 5.88 Å². The Balaban J connectivity index is 1.49. The lowest BCUT2D eigenvalue weighted by Gasteiger charge is -2.11. The number of ether oxygens (including phenoxy) is 3. The van der Waals surface area contributed by atoms with Crippen LogP contribution in [0.1, 0.15) is 36.0 Å². The number of aryl methyl sites for hydroxylation is 1. The second-order valence-corrected chi connectivity index (χ2v) is 9.24. The first-order chi connectivity index (χ1) is 17.6. The molecule has 1 atom stereocenters. The molecule has 4 rings (SSSR count). The highest BCUT2D eigenvalue weighted by Gasteiger charge is 2.12. The molecule has 0 N–H and O–H groups in total. The van der Waals surface area contributed by atoms with Crippen molar-refractivity contribution in [1.29, 1.82) is 5.26 Å². The van der Waals surface area contributed by atoms with E-state index in [1.54, 1.807) is 25.4 Å². The van der Waals surface area contributed by atoms with Crippen molar-refractivity contribution in [2.45, 2.75) is 32.8 Å². The number of methoxy groups -OCH3 is 1. The average molecular weight is 497 g/mol. The lowest BCUT2D eigenvalue weighted by molar-refractivity contribution is 0.143. The fourth-order valence-electron chi connectivity index (χ4n) is 3.98. The summed E-state index contributed by atoms with van der Waals surface area (Å²) in [6.07, 6.45) is 2.26. The van der Waals surface area contributed by atoms with Gasteiger partial charge in [-0.05, 0) is 60.2 Å². The van der Waals surface area contributed by atoms with E-state index in [4.69, 9.17) is 19.5 Å². The molecular weight excluding hydrogens is 468 g/mol. The Morgan fingerprint density at radius 2 is 1.86 bits per heavy atom. The Hall–Kier alpha value is -3.84. The third kappa shape index (κ3) is 6.04. The molecule has 0 aliphatic carbocycles. The zero-order valence-electron chi connectivity index (χ0n) is 20.7. The van der Waals surface area contributed by atoms with Crippen LogP contribution in [-0.4, -0.2) is 25.3 Å². The standard InChI is InChI=1S/C30H28N2O3S/c1-4-5-23(12-13-31)24-7-9-25(10-8-24)35-19-22-6-11-29-26(17-22)28(20-36-29)27-18-32-30(16-21(27)2)34-15-14-33-3/h6-11,16-18,20,23H,12,14-15,19H2,1-3H3/t23-/m0/s1. The Morgan fingerprint density at radius 1 is 1.03 bits per heavy atom. The summed E-state index contributed by atoms with van der Waals surface area (Å²) in [5, 5.41) is 12.4. The topological polar surface area (TPSA) is 64.4 Å². The summed E-state index contributed by atoms with van der Waals surface area (Å²) in [6, 6.07) is 18.5. The van der Waals surface area contributed by atoms with Gasteiger partial charge in [0.25, 0.3) is 0 Å². The number of pyridine rings is 1. The Bertz CT molecular complexity index is 1420. The maximum Gasteiger partial charge on any atom is 0.213 e. The van der Waals surface area contributed by atoms with E-state index in [-0.39, 0.29) is 5.92 Å². The van der Waals surface area contributed by atoms with Gasteiger partial charge in [0, 0.05) is 40.6 Å². The van der Waals surface area contributed by atoms with Gasteiger partial charge in [0.1, 0.15) is 19.0 Å². The number of rotatable bonds is 10. The van der Waals surface area contributed by atoms with Crippen molar-refractivity contribution in [1.82, 2.24) is 4.98 Å². The molecule has 36 heavy (non-hydrogen) atoms. The van der Waals surface area contributed by atoms with E-state index in [0.717, 1.165) is 33.6 Å². The maximum atomic E-state index is 9.05. The average Bonchev–Trinajstić information content (AvgIpc) is 3.31. The minimum Gasteiger partial charge on any atom is -0.489 e. The highest BCUT2D eigenvalue weighted by Crippen LogP contribution is 2.36. The summed E-state index contributed by atoms with van der Waals surface area (Å²) in [5.41, 5.74) is 5.49. The van der Waals surface area contributed by atoms with Crippen molar-refractivity contribution in [3.8, 4) is 40.7 Å². The van der Waals surface area contributed by atoms with E-state index < -0.39 is 0 Å². The quantitative estimate of drug-likeness (QED) is 0.177. The summed E-state index contributed by atoms with van der Waals surface area (Å²) in [6.45, 7) is 5.34. The van der Waals surface area contributed by atoms with E-state index in [9.17, 15) is 0 Å². The van der Waals surface area contributed by atoms with Gasteiger partial charge in [-0.25, -0.2) is 4.98 Å². The molecule has 182 valence electrons. The molecule has 0 radical (unpaired) electrons. The van der Waals surface area contributed by atoms with Gasteiger partial charge >= 0.3 is 0 Å². The largest absolute Gasteiger partial charge is 0.489 e. The van der Waals surface area contributed by atoms with Crippen molar-refractivity contribution in [2.24, 2.45) is 0 Å². The highest BCUT2D eigenvalue weighted by atomic mass is 32.1. The molecule has 4 aromatic rings. The van der Waals surface area contributed by atoms with Crippen molar-refractivity contribution in [3.05, 3.63) is 76.8 Å². The number of thiophene rings is 1. The van der Waals surface area contributed by atoms with Gasteiger partial charge in [-0.2, -0.15) is 5.26 Å². The van der Waals surface area contributed by atoms with Crippen LogP contribution in [-0.2, 0) is 11.3 Å². The molecule has 0 saturated heterocycles. The number of benzene rings is 2. The van der Waals surface area contributed by atoms with Gasteiger partial charge in [-0.1, -0.05) is 24.1 Å². The zero-order valence-corrected chi connectivity index (χ0v) is 21.5. The summed E-state index contributed by atoms with van der Waals surface area (Å²) in [5.74, 6) is 7.33. The second kappa shape index (κ2) is 12.2. The summed E-state index contributed by atoms with van der Waals surface area (Å²) >= 11 is 1.72. The molecule has 0 spiro atoms. The molecule has 5 nitrogen and oxygen atoms in total. The van der Waals surface area contributed by atoms with E-state index in [1.165, 1.54) is 10.1 Å². The van der Waals surface area contributed by atoms with Crippen molar-refractivity contribution >= 4 is 21.4 Å². The van der Waals surface area contributed by atoms with Gasteiger partial charge in [0.05, 0.1) is 25.0 Å². The number of hydrogen-bond donors (Lipinski definition) is 0. The molecule has 0 amide bonds. The molecule has 0 aliphatic rings. The van der Waals surface area contributed by atoms with Crippen LogP contribution in [0.5, 0.6) is 11.6 Å². The van der Waals surface area contributed by atoms with Crippen LogP contribution in [0.25, 0.3) is 21.2 Å². The normalized spacial score (nSPS) is 11.4. The first-order valence-corrected chi connectivity index (χ1v) is 12.6. The molecule has 2 aromatic heterocycles. The molecule has 0 unspecified atom stereocenters. The number of aromatic nitrogens is 1. The predicted molar refractivity (Wildman–Crippen MR) is 144 cm³/mol. The van der Waals surface area contributed by atoms with Gasteiger partial charge in [-0.3, -0.25) is 0 Å². The first kappa shape index (κ1) is 25.3. The molecule has 0 saturated carbocycles. The third-order valence-corrected chi connectivity index (χ3v) is 6.82. The highest BCUT2D eigenvalue weighted by molar-refractivity contribution is 7.17. The number of hydrogen-bond acceptors (Lipinski definition) is 6. The number of nitrogens with zero attached hydrogens (tertiary/aromatic N) is 2. The molecular formula is C30H28N2O3S. The summed E-state index contributed by atoms with van der Waals surface area (Å²) < 4.78 is 18.0. The lowest BCUT2D eigenvalue weighted by atomic mass is 9.97. The number of fused-ring (bicyclic) bond motifs is 1. The second-order valence-electron chi connectivity index (χ2n) is 8.33. The molecule has 0 aliphatic heterocycles. The van der Waals surface area contributed by atoms with Crippen molar-refractivity contribution in [3.63, 3.8) is 0 Å². The fourth-order valence-corrected chi connectivity index (χ4v) is 4.92. The predicted octanol–water partition coefficient (Wildman–Crippen LogP) is 6.90. The first-order valence-electron chi connectivity index (χ1n) is 11.7. The van der Waals surface area contributed by atoms with Gasteiger partial charge < -0.3 is 14.2 Å². The third-order valence-electron chi connectivity index (χ3n) is 5.85. The molecule has 2 aromatic carbocycles. The lowest BCUT2D eigenvalue weighted by Crippen LogP contribution is -2.05. The zero-order chi connectivity index (χ0) is 25.3. The van der Waals surface area contributed by atoms with Crippen LogP contribution in [0.2, 0.25) is 0 Å². The Kier molecular flexibility index (Phi) is 8.57. The van der Waals surface area contributed by atoms with Gasteiger partial charge in [-0.15, -0.1) is 17.3 Å². The van der Waals surface area contributed by atoms with E-state index in [1.807, 2.05) is 36.5 Å². The Labute approximate surface area is 216 Å². The smallest absolute Gasteiger partial charge is 0.213 e. The van der Waals surface area contributed by atoms with Crippen LogP contribution in [0.4, 0.5) is 0 Å². The van der Waals surface area contributed by atoms with Crippen LogP contribution >= 0.6 is 11.3 Å². The van der Waals surface area contributed by atoms with E-state index in [0.29, 0.717) is 32.1 Å². The van der Waals surface area contributed by atoms with Crippen LogP contribution in [0.3, 0.4) is 0 Å². The van der Waals surface area contributed by atoms with Crippen molar-refractivity contribution in [2.75, 3.05) is 20.3 Å². The SMILES string of the molecule is CC#C[C@@H](CC#N)c1ccc(OCc2ccc3scc(-c4cnc(OCCOC)cc4C)c3c2)cc1. The minimum absolute atomic E-state index is 0.0719.